The molecule has 2 aromatic rings. The molecule has 2 N–H and O–H groups in total. The second kappa shape index (κ2) is 9.14. The quantitative estimate of drug-likeness (QED) is 0.591. The van der Waals surface area contributed by atoms with E-state index in [1.165, 1.54) is 24.3 Å². The lowest BCUT2D eigenvalue weighted by Gasteiger charge is -2.07. The molecule has 1 heterocycles. The molecule has 1 aliphatic heterocycles. The molecule has 0 spiro atoms. The van der Waals surface area contributed by atoms with Gasteiger partial charge >= 0.3 is 0 Å². The summed E-state index contributed by atoms with van der Waals surface area (Å²) >= 11 is 0. The highest BCUT2D eigenvalue weighted by Crippen LogP contribution is 2.30. The van der Waals surface area contributed by atoms with Gasteiger partial charge in [0.15, 0.2) is 0 Å². The van der Waals surface area contributed by atoms with Crippen LogP contribution in [-0.2, 0) is 4.79 Å². The van der Waals surface area contributed by atoms with E-state index in [9.17, 15) is 19.2 Å². The fraction of sp³-hybridized carbons (Fsp3) is 0.217. The Hall–Kier alpha value is -3.79. The third-order valence-electron chi connectivity index (χ3n) is 4.58. The number of carbonyl (C=O) groups excluding carboxylic acids is 2. The van der Waals surface area contributed by atoms with Crippen molar-refractivity contribution in [2.75, 3.05) is 6.54 Å². The van der Waals surface area contributed by atoms with E-state index in [4.69, 9.17) is 0 Å². The standard InChI is InChI=1S/C23H21FN4O2/c1-14(2)11-12-26-23(30)19(13-25)20-17-5-3-4-6-18(17)21(27-20)28-22(29)15-7-9-16(24)10-8-15/h3-10,14H,11-12H2,1-2H3,(H,26,30)(H,27,28,29)/b20-19-. The van der Waals surface area contributed by atoms with Crippen molar-refractivity contribution in [2.45, 2.75) is 20.3 Å². The zero-order chi connectivity index (χ0) is 21.7. The lowest BCUT2D eigenvalue weighted by Crippen LogP contribution is -2.30. The zero-order valence-electron chi connectivity index (χ0n) is 16.7. The van der Waals surface area contributed by atoms with Gasteiger partial charge in [-0.25, -0.2) is 9.38 Å². The van der Waals surface area contributed by atoms with Gasteiger partial charge in [0.1, 0.15) is 23.3 Å². The average Bonchev–Trinajstić information content (AvgIpc) is 3.07. The first kappa shape index (κ1) is 20.9. The summed E-state index contributed by atoms with van der Waals surface area (Å²) in [7, 11) is 0. The van der Waals surface area contributed by atoms with E-state index in [1.54, 1.807) is 24.3 Å². The van der Waals surface area contributed by atoms with Crippen molar-refractivity contribution in [2.24, 2.45) is 10.9 Å². The molecule has 2 amide bonds. The van der Waals surface area contributed by atoms with Crippen LogP contribution in [0.4, 0.5) is 4.39 Å². The molecule has 0 unspecified atom stereocenters. The van der Waals surface area contributed by atoms with Crippen LogP contribution in [0.15, 0.2) is 59.1 Å². The zero-order valence-corrected chi connectivity index (χ0v) is 16.7. The van der Waals surface area contributed by atoms with E-state index in [1.807, 2.05) is 19.9 Å². The lowest BCUT2D eigenvalue weighted by atomic mass is 10.0. The second-order valence-corrected chi connectivity index (χ2v) is 7.24. The van der Waals surface area contributed by atoms with Gasteiger partial charge in [-0.05, 0) is 36.6 Å². The minimum atomic E-state index is -0.502. The Morgan fingerprint density at radius 1 is 1.10 bits per heavy atom. The highest BCUT2D eigenvalue weighted by molar-refractivity contribution is 6.20. The third kappa shape index (κ3) is 4.61. The van der Waals surface area contributed by atoms with Gasteiger partial charge < -0.3 is 10.6 Å². The van der Waals surface area contributed by atoms with E-state index in [-0.39, 0.29) is 22.7 Å². The van der Waals surface area contributed by atoms with Gasteiger partial charge in [0.05, 0.1) is 5.70 Å². The third-order valence-corrected chi connectivity index (χ3v) is 4.58. The predicted molar refractivity (Wildman–Crippen MR) is 112 cm³/mol. The minimum absolute atomic E-state index is 0.114. The SMILES string of the molecule is CC(C)CCNC(=O)/C(C#N)=C1\N=C(NC(=O)c2ccc(F)cc2)c2ccccc21. The molecular weight excluding hydrogens is 383 g/mol. The number of amides is 2. The van der Waals surface area contributed by atoms with Gasteiger partial charge in [-0.2, -0.15) is 5.26 Å². The van der Waals surface area contributed by atoms with Crippen LogP contribution in [0.5, 0.6) is 0 Å². The summed E-state index contributed by atoms with van der Waals surface area (Å²) < 4.78 is 13.1. The number of aliphatic imine (C=N–C) groups is 1. The van der Waals surface area contributed by atoms with Crippen LogP contribution in [0.25, 0.3) is 5.70 Å². The molecule has 152 valence electrons. The molecule has 0 atom stereocenters. The Labute approximate surface area is 174 Å². The number of nitrogens with zero attached hydrogens (tertiary/aromatic N) is 2. The summed E-state index contributed by atoms with van der Waals surface area (Å²) in [5, 5.41) is 15.0. The number of fused-ring (bicyclic) bond motifs is 1. The highest BCUT2D eigenvalue weighted by Gasteiger charge is 2.27. The molecule has 0 aliphatic carbocycles. The van der Waals surface area contributed by atoms with E-state index in [0.29, 0.717) is 23.6 Å². The Bertz CT molecular complexity index is 1080. The van der Waals surface area contributed by atoms with Gasteiger partial charge in [0.2, 0.25) is 0 Å². The fourth-order valence-electron chi connectivity index (χ4n) is 2.97. The molecule has 0 saturated carbocycles. The summed E-state index contributed by atoms with van der Waals surface area (Å²) in [6, 6.07) is 14.1. The maximum atomic E-state index is 13.1. The highest BCUT2D eigenvalue weighted by atomic mass is 19.1. The van der Waals surface area contributed by atoms with Crippen LogP contribution in [0.1, 0.15) is 41.8 Å². The summed E-state index contributed by atoms with van der Waals surface area (Å²) in [6.45, 7) is 4.54. The van der Waals surface area contributed by atoms with Crippen LogP contribution in [0, 0.1) is 23.1 Å². The van der Waals surface area contributed by atoms with E-state index < -0.39 is 17.6 Å². The molecule has 1 aliphatic rings. The summed E-state index contributed by atoms with van der Waals surface area (Å²) in [4.78, 5) is 29.5. The smallest absolute Gasteiger partial charge is 0.264 e. The minimum Gasteiger partial charge on any atom is -0.351 e. The molecule has 30 heavy (non-hydrogen) atoms. The van der Waals surface area contributed by atoms with Crippen LogP contribution in [0.2, 0.25) is 0 Å². The number of nitriles is 1. The van der Waals surface area contributed by atoms with Gasteiger partial charge in [0, 0.05) is 23.2 Å². The van der Waals surface area contributed by atoms with Crippen molar-refractivity contribution < 1.29 is 14.0 Å². The Balaban J connectivity index is 1.91. The fourth-order valence-corrected chi connectivity index (χ4v) is 2.97. The maximum Gasteiger partial charge on any atom is 0.264 e. The van der Waals surface area contributed by atoms with Crippen LogP contribution in [0.3, 0.4) is 0 Å². The van der Waals surface area contributed by atoms with Gasteiger partial charge in [-0.1, -0.05) is 38.1 Å². The average molecular weight is 404 g/mol. The number of carbonyl (C=O) groups is 2. The molecule has 0 radical (unpaired) electrons. The van der Waals surface area contributed by atoms with Crippen molar-refractivity contribution in [3.63, 3.8) is 0 Å². The van der Waals surface area contributed by atoms with Crippen molar-refractivity contribution in [1.29, 1.82) is 5.26 Å². The molecule has 3 rings (SSSR count). The molecule has 0 bridgehead atoms. The lowest BCUT2D eigenvalue weighted by molar-refractivity contribution is -0.117. The Kier molecular flexibility index (Phi) is 6.38. The van der Waals surface area contributed by atoms with Crippen LogP contribution >= 0.6 is 0 Å². The number of amidine groups is 1. The maximum absolute atomic E-state index is 13.1. The second-order valence-electron chi connectivity index (χ2n) is 7.24. The Morgan fingerprint density at radius 2 is 1.77 bits per heavy atom. The Morgan fingerprint density at radius 3 is 2.40 bits per heavy atom. The number of halogens is 1. The summed E-state index contributed by atoms with van der Waals surface area (Å²) in [5.41, 5.74) is 1.55. The van der Waals surface area contributed by atoms with Gasteiger partial charge in [-0.3, -0.25) is 9.59 Å². The monoisotopic (exact) mass is 404 g/mol. The number of benzene rings is 2. The first-order valence-electron chi connectivity index (χ1n) is 9.58. The van der Waals surface area contributed by atoms with E-state index in [2.05, 4.69) is 15.6 Å². The normalized spacial score (nSPS) is 13.9. The molecular formula is C23H21FN4O2. The first-order chi connectivity index (χ1) is 14.4. The van der Waals surface area contributed by atoms with E-state index >= 15 is 0 Å². The number of hydrogen-bond acceptors (Lipinski definition) is 4. The molecule has 0 saturated heterocycles. The molecule has 6 nitrogen and oxygen atoms in total. The molecule has 7 heteroatoms. The number of hydrogen-bond donors (Lipinski definition) is 2. The van der Waals surface area contributed by atoms with Gasteiger partial charge in [-0.15, -0.1) is 0 Å². The summed E-state index contributed by atoms with van der Waals surface area (Å²) in [5.74, 6) is -0.760. The molecule has 0 fully saturated rings. The van der Waals surface area contributed by atoms with Crippen molar-refractivity contribution >= 4 is 23.3 Å². The van der Waals surface area contributed by atoms with Gasteiger partial charge in [0.25, 0.3) is 11.8 Å². The van der Waals surface area contributed by atoms with Crippen molar-refractivity contribution in [3.8, 4) is 6.07 Å². The molecule has 2 aromatic carbocycles. The number of nitrogens with one attached hydrogen (secondary N) is 2. The topological polar surface area (TPSA) is 94.3 Å². The first-order valence-corrected chi connectivity index (χ1v) is 9.58. The molecule has 0 aromatic heterocycles. The predicted octanol–water partition coefficient (Wildman–Crippen LogP) is 3.41. The summed E-state index contributed by atoms with van der Waals surface area (Å²) in [6.07, 6.45) is 0.790. The number of rotatable bonds is 5. The van der Waals surface area contributed by atoms with Crippen molar-refractivity contribution in [1.82, 2.24) is 10.6 Å². The van der Waals surface area contributed by atoms with Crippen LogP contribution in [-0.4, -0.2) is 24.2 Å². The van der Waals surface area contributed by atoms with Crippen molar-refractivity contribution in [3.05, 3.63) is 76.6 Å². The largest absolute Gasteiger partial charge is 0.351 e. The van der Waals surface area contributed by atoms with E-state index in [0.717, 1.165) is 6.42 Å². The van der Waals surface area contributed by atoms with Crippen LogP contribution < -0.4 is 10.6 Å².